The van der Waals surface area contributed by atoms with Gasteiger partial charge in [0.2, 0.25) is 0 Å². The Morgan fingerprint density at radius 1 is 1.07 bits per heavy atom. The van der Waals surface area contributed by atoms with Crippen molar-refractivity contribution in [3.63, 3.8) is 0 Å². The Balaban J connectivity index is 1.32. The van der Waals surface area contributed by atoms with Crippen molar-refractivity contribution in [3.05, 3.63) is 29.1 Å². The molecule has 0 aliphatic heterocycles. The molecule has 0 saturated heterocycles. The van der Waals surface area contributed by atoms with E-state index in [-0.39, 0.29) is 0 Å². The predicted molar refractivity (Wildman–Crippen MR) is 107 cm³/mol. The van der Waals surface area contributed by atoms with Crippen LogP contribution in [0.1, 0.15) is 69.0 Å². The summed E-state index contributed by atoms with van der Waals surface area (Å²) in [5, 5.41) is 17.7. The molecule has 0 aromatic carbocycles. The van der Waals surface area contributed by atoms with Gasteiger partial charge in [0.15, 0.2) is 0 Å². The Hall–Kier alpha value is -1.58. The van der Waals surface area contributed by atoms with Crippen LogP contribution in [0, 0.1) is 40.9 Å². The van der Waals surface area contributed by atoms with E-state index >= 15 is 0 Å². The number of aliphatic carboxylic acids is 1. The second-order valence-electron chi connectivity index (χ2n) is 10.5. The van der Waals surface area contributed by atoms with E-state index in [2.05, 4.69) is 22.5 Å². The van der Waals surface area contributed by atoms with Crippen molar-refractivity contribution in [1.82, 2.24) is 10.2 Å². The van der Waals surface area contributed by atoms with Gasteiger partial charge in [-0.1, -0.05) is 24.5 Å². The van der Waals surface area contributed by atoms with Crippen LogP contribution in [0.5, 0.6) is 0 Å². The fourth-order valence-electron chi connectivity index (χ4n) is 8.38. The van der Waals surface area contributed by atoms with E-state index in [4.69, 9.17) is 0 Å². The first-order valence-electron chi connectivity index (χ1n) is 11.6. The molecule has 3 saturated carbocycles. The summed E-state index contributed by atoms with van der Waals surface area (Å²) in [6, 6.07) is 0. The minimum absolute atomic E-state index is 0.322. The molecule has 0 amide bonds. The summed E-state index contributed by atoms with van der Waals surface area (Å²) in [4.78, 5) is 12.3. The minimum atomic E-state index is -0.512. The number of fused-ring (bicyclic) bond motifs is 8. The van der Waals surface area contributed by atoms with Crippen LogP contribution in [0.3, 0.4) is 0 Å². The van der Waals surface area contributed by atoms with Crippen LogP contribution in [-0.2, 0) is 17.6 Å². The number of aromatic nitrogens is 2. The molecule has 1 heterocycles. The molecule has 1 aromatic heterocycles. The van der Waals surface area contributed by atoms with E-state index in [9.17, 15) is 9.90 Å². The van der Waals surface area contributed by atoms with Crippen LogP contribution in [0.25, 0.3) is 0 Å². The third-order valence-corrected chi connectivity index (χ3v) is 9.64. The predicted octanol–water partition coefficient (Wildman–Crippen LogP) is 4.77. The van der Waals surface area contributed by atoms with Crippen molar-refractivity contribution in [3.8, 4) is 0 Å². The number of hydrogen-bond donors (Lipinski definition) is 2. The van der Waals surface area contributed by atoms with Gasteiger partial charge in [0.05, 0.1) is 11.6 Å². The van der Waals surface area contributed by atoms with Crippen molar-refractivity contribution < 1.29 is 9.90 Å². The molecule has 0 spiro atoms. The first-order chi connectivity index (χ1) is 13.7. The smallest absolute Gasteiger partial charge is 0.310 e. The van der Waals surface area contributed by atoms with Gasteiger partial charge in [0, 0.05) is 5.69 Å². The van der Waals surface area contributed by atoms with E-state index in [1.165, 1.54) is 49.8 Å². The van der Waals surface area contributed by atoms with Crippen molar-refractivity contribution >= 4 is 5.97 Å². The maximum atomic E-state index is 12.3. The number of H-pyrrole nitrogens is 1. The summed E-state index contributed by atoms with van der Waals surface area (Å²) in [7, 11) is 0. The van der Waals surface area contributed by atoms with Gasteiger partial charge in [0.25, 0.3) is 0 Å². The summed E-state index contributed by atoms with van der Waals surface area (Å²) in [5.41, 5.74) is 3.98. The Bertz CT molecular complexity index is 826. The zero-order valence-electron chi connectivity index (χ0n) is 16.7. The number of carboxylic acids is 1. The lowest BCUT2D eigenvalue weighted by atomic mass is 9.48. The average molecular weight is 381 g/mol. The molecule has 5 aliphatic carbocycles. The molecule has 2 N–H and O–H groups in total. The van der Waals surface area contributed by atoms with E-state index < -0.39 is 11.4 Å². The number of aromatic amines is 1. The number of hydrogen-bond acceptors (Lipinski definition) is 2. The van der Waals surface area contributed by atoms with E-state index in [1.54, 1.807) is 5.57 Å². The van der Waals surface area contributed by atoms with Crippen LogP contribution < -0.4 is 0 Å². The second-order valence-corrected chi connectivity index (χ2v) is 10.5. The summed E-state index contributed by atoms with van der Waals surface area (Å²) in [6.07, 6.45) is 17.2. The van der Waals surface area contributed by atoms with Gasteiger partial charge in [-0.2, -0.15) is 5.10 Å². The third kappa shape index (κ3) is 2.29. The van der Waals surface area contributed by atoms with Crippen molar-refractivity contribution in [2.45, 2.75) is 70.6 Å². The monoisotopic (exact) mass is 380 g/mol. The molecule has 0 radical (unpaired) electrons. The number of nitrogens with zero attached hydrogens (tertiary/aromatic N) is 1. The maximum absolute atomic E-state index is 12.3. The molecular formula is C24H32N2O2. The van der Waals surface area contributed by atoms with E-state index in [0.717, 1.165) is 55.8 Å². The van der Waals surface area contributed by atoms with Crippen molar-refractivity contribution in [2.75, 3.05) is 0 Å². The minimum Gasteiger partial charge on any atom is -0.481 e. The lowest BCUT2D eigenvalue weighted by Gasteiger charge is -2.56. The fraction of sp³-hybridized carbons (Fsp3) is 0.750. The second kappa shape index (κ2) is 6.21. The van der Waals surface area contributed by atoms with Gasteiger partial charge >= 0.3 is 5.97 Å². The molecule has 3 fully saturated rings. The molecule has 7 unspecified atom stereocenters. The fourth-order valence-corrected chi connectivity index (χ4v) is 8.38. The maximum Gasteiger partial charge on any atom is 0.310 e. The standard InChI is InChI=1S/C24H32N2O2/c27-23(28)24-9-2-1-3-21(24)19-7-6-17-16(18(19)8-10-24)5-4-14-12-22-15(11-20(14)17)13-25-26-22/h7,13-14,16-18,20-21H,1-6,8-12H2,(H,25,26)(H,27,28). The molecule has 6 rings (SSSR count). The summed E-state index contributed by atoms with van der Waals surface area (Å²) < 4.78 is 0. The highest BCUT2D eigenvalue weighted by molar-refractivity contribution is 5.76. The molecule has 4 nitrogen and oxygen atoms in total. The first kappa shape index (κ1) is 17.3. The summed E-state index contributed by atoms with van der Waals surface area (Å²) >= 11 is 0. The van der Waals surface area contributed by atoms with Crippen LogP contribution in [-0.4, -0.2) is 21.3 Å². The van der Waals surface area contributed by atoms with Crippen LogP contribution in [0.2, 0.25) is 0 Å². The molecule has 28 heavy (non-hydrogen) atoms. The summed E-state index contributed by atoms with van der Waals surface area (Å²) in [5.74, 6) is 3.70. The van der Waals surface area contributed by atoms with Crippen molar-refractivity contribution in [2.24, 2.45) is 40.9 Å². The highest BCUT2D eigenvalue weighted by Crippen LogP contribution is 2.61. The normalized spacial score (nSPS) is 44.2. The highest BCUT2D eigenvalue weighted by atomic mass is 16.4. The van der Waals surface area contributed by atoms with Gasteiger partial charge in [-0.3, -0.25) is 9.89 Å². The molecule has 5 aliphatic rings. The topological polar surface area (TPSA) is 66.0 Å². The number of allylic oxidation sites excluding steroid dienone is 2. The SMILES string of the molecule is O=C(O)C12CCCCC1C1=CCC3C4Cc5cn[nH]c5CC4CCC3C1CC2. The highest BCUT2D eigenvalue weighted by Gasteiger charge is 2.56. The lowest BCUT2D eigenvalue weighted by molar-refractivity contribution is -0.157. The Kier molecular flexibility index (Phi) is 3.83. The van der Waals surface area contributed by atoms with E-state index in [0.29, 0.717) is 11.8 Å². The number of rotatable bonds is 1. The molecule has 4 heteroatoms. The third-order valence-electron chi connectivity index (χ3n) is 9.64. The Morgan fingerprint density at radius 3 is 2.89 bits per heavy atom. The number of nitrogens with one attached hydrogen (secondary N) is 1. The average Bonchev–Trinajstić information content (AvgIpc) is 3.18. The van der Waals surface area contributed by atoms with Crippen LogP contribution in [0.15, 0.2) is 17.8 Å². The lowest BCUT2D eigenvalue weighted by Crippen LogP contribution is -2.51. The largest absolute Gasteiger partial charge is 0.481 e. The number of carboxylic acid groups (broad SMARTS) is 1. The van der Waals surface area contributed by atoms with Gasteiger partial charge in [-0.05, 0) is 98.9 Å². The van der Waals surface area contributed by atoms with Gasteiger partial charge in [-0.15, -0.1) is 0 Å². The number of carbonyl (C=O) groups is 1. The zero-order chi connectivity index (χ0) is 18.9. The molecule has 150 valence electrons. The molecular weight excluding hydrogens is 348 g/mol. The quantitative estimate of drug-likeness (QED) is 0.690. The summed E-state index contributed by atoms with van der Waals surface area (Å²) in [6.45, 7) is 0. The van der Waals surface area contributed by atoms with Crippen LogP contribution >= 0.6 is 0 Å². The van der Waals surface area contributed by atoms with E-state index in [1.807, 2.05) is 0 Å². The Labute approximate surface area is 167 Å². The molecule has 0 bridgehead atoms. The molecule has 7 atom stereocenters. The molecule has 1 aromatic rings. The van der Waals surface area contributed by atoms with Gasteiger partial charge in [0.1, 0.15) is 0 Å². The van der Waals surface area contributed by atoms with Gasteiger partial charge in [-0.25, -0.2) is 0 Å². The van der Waals surface area contributed by atoms with Gasteiger partial charge < -0.3 is 5.11 Å². The van der Waals surface area contributed by atoms with Crippen LogP contribution in [0.4, 0.5) is 0 Å². The first-order valence-corrected chi connectivity index (χ1v) is 11.6. The Morgan fingerprint density at radius 2 is 2.00 bits per heavy atom. The van der Waals surface area contributed by atoms with Crippen molar-refractivity contribution in [1.29, 1.82) is 0 Å². The zero-order valence-corrected chi connectivity index (χ0v) is 16.7.